The van der Waals surface area contributed by atoms with Crippen molar-refractivity contribution in [3.05, 3.63) is 11.8 Å². The zero-order valence-electron chi connectivity index (χ0n) is 8.84. The molecule has 0 spiro atoms. The topological polar surface area (TPSA) is 93.5 Å². The van der Waals surface area contributed by atoms with Gasteiger partial charge in [0.15, 0.2) is 0 Å². The molecule has 0 aliphatic rings. The lowest BCUT2D eigenvalue weighted by molar-refractivity contribution is 0.0519. The van der Waals surface area contributed by atoms with Crippen LogP contribution in [0.3, 0.4) is 0 Å². The molecular formula is C8H11N2O5S-. The van der Waals surface area contributed by atoms with Crippen molar-refractivity contribution in [1.29, 1.82) is 0 Å². The van der Waals surface area contributed by atoms with Gasteiger partial charge in [0.25, 0.3) is 0 Å². The van der Waals surface area contributed by atoms with Crippen molar-refractivity contribution >= 4 is 17.0 Å². The molecule has 0 bridgehead atoms. The van der Waals surface area contributed by atoms with E-state index in [1.807, 2.05) is 0 Å². The van der Waals surface area contributed by atoms with Crippen LogP contribution in [0.15, 0.2) is 11.2 Å². The predicted molar refractivity (Wildman–Crippen MR) is 52.4 cm³/mol. The van der Waals surface area contributed by atoms with Crippen LogP contribution >= 0.6 is 0 Å². The van der Waals surface area contributed by atoms with E-state index in [0.717, 1.165) is 10.9 Å². The molecule has 1 aromatic heterocycles. The molecule has 1 heterocycles. The van der Waals surface area contributed by atoms with Crippen LogP contribution in [0.4, 0.5) is 0 Å². The van der Waals surface area contributed by atoms with Gasteiger partial charge in [-0.25, -0.2) is 9.48 Å². The summed E-state index contributed by atoms with van der Waals surface area (Å²) in [5.41, 5.74) is -0.0905. The Kier molecular flexibility index (Phi) is 4.59. The number of ether oxygens (including phenoxy) is 2. The molecule has 16 heavy (non-hydrogen) atoms. The standard InChI is InChI=1S/C8H12N2O5S/c1-3-15-8(11)6-4-9-10(5-14-2)7(6)16(12)13/h4H,3,5H2,1-2H3,(H,12,13)/p-1. The van der Waals surface area contributed by atoms with E-state index in [1.54, 1.807) is 6.92 Å². The van der Waals surface area contributed by atoms with Crippen LogP contribution in [-0.2, 0) is 27.3 Å². The summed E-state index contributed by atoms with van der Waals surface area (Å²) < 4.78 is 32.4. The smallest absolute Gasteiger partial charge is 0.342 e. The lowest BCUT2D eigenvalue weighted by Crippen LogP contribution is -2.12. The largest absolute Gasteiger partial charge is 0.767 e. The molecule has 0 aliphatic carbocycles. The second-order valence-corrected chi connectivity index (χ2v) is 3.59. The first-order chi connectivity index (χ1) is 7.61. The average molecular weight is 247 g/mol. The van der Waals surface area contributed by atoms with E-state index in [2.05, 4.69) is 5.10 Å². The fraction of sp³-hybridized carbons (Fsp3) is 0.500. The van der Waals surface area contributed by atoms with Crippen molar-refractivity contribution in [2.24, 2.45) is 0 Å². The Balaban J connectivity index is 3.09. The van der Waals surface area contributed by atoms with Gasteiger partial charge in [-0.15, -0.1) is 0 Å². The van der Waals surface area contributed by atoms with Gasteiger partial charge in [-0.3, -0.25) is 4.21 Å². The van der Waals surface area contributed by atoms with Crippen LogP contribution < -0.4 is 0 Å². The summed E-state index contributed by atoms with van der Waals surface area (Å²) in [6.07, 6.45) is 1.14. The number of rotatable bonds is 5. The van der Waals surface area contributed by atoms with Crippen molar-refractivity contribution in [3.63, 3.8) is 0 Å². The molecule has 0 aromatic carbocycles. The molecule has 1 unspecified atom stereocenters. The van der Waals surface area contributed by atoms with Gasteiger partial charge in [-0.05, 0) is 18.0 Å². The van der Waals surface area contributed by atoms with Crippen molar-refractivity contribution in [3.8, 4) is 0 Å². The van der Waals surface area contributed by atoms with Gasteiger partial charge in [0.05, 0.1) is 12.8 Å². The fourth-order valence-electron chi connectivity index (χ4n) is 1.11. The molecular weight excluding hydrogens is 236 g/mol. The molecule has 0 saturated heterocycles. The molecule has 90 valence electrons. The summed E-state index contributed by atoms with van der Waals surface area (Å²) in [6.45, 7) is 1.74. The highest BCUT2D eigenvalue weighted by Gasteiger charge is 2.19. The summed E-state index contributed by atoms with van der Waals surface area (Å²) >= 11 is -2.58. The molecule has 1 aromatic rings. The third-order valence-corrected chi connectivity index (χ3v) is 2.44. The van der Waals surface area contributed by atoms with Gasteiger partial charge >= 0.3 is 5.97 Å². The highest BCUT2D eigenvalue weighted by Crippen LogP contribution is 2.13. The van der Waals surface area contributed by atoms with Crippen LogP contribution in [0, 0.1) is 0 Å². The Morgan fingerprint density at radius 2 is 2.38 bits per heavy atom. The summed E-state index contributed by atoms with van der Waals surface area (Å²) in [5, 5.41) is 3.49. The third-order valence-electron chi connectivity index (χ3n) is 1.70. The van der Waals surface area contributed by atoms with E-state index in [4.69, 9.17) is 9.47 Å². The number of aromatic nitrogens is 2. The first-order valence-corrected chi connectivity index (χ1v) is 5.50. The highest BCUT2D eigenvalue weighted by atomic mass is 32.2. The second-order valence-electron chi connectivity index (χ2n) is 2.74. The molecule has 1 rings (SSSR count). The van der Waals surface area contributed by atoms with Gasteiger partial charge < -0.3 is 14.0 Å². The number of carbonyl (C=O) groups excluding carboxylic acids is 1. The van der Waals surface area contributed by atoms with Gasteiger partial charge in [0.1, 0.15) is 17.3 Å². The van der Waals surface area contributed by atoms with Crippen LogP contribution in [0.25, 0.3) is 0 Å². The van der Waals surface area contributed by atoms with Gasteiger partial charge in [0.2, 0.25) is 0 Å². The Labute approximate surface area is 94.6 Å². The van der Waals surface area contributed by atoms with Gasteiger partial charge in [0, 0.05) is 7.11 Å². The molecule has 0 aliphatic heterocycles. The number of nitrogens with zero attached hydrogens (tertiary/aromatic N) is 2. The van der Waals surface area contributed by atoms with Crippen LogP contribution in [0.5, 0.6) is 0 Å². The SMILES string of the molecule is CCOC(=O)c1cnn(COC)c1S(=O)[O-]. The minimum Gasteiger partial charge on any atom is -0.767 e. The minimum atomic E-state index is -2.58. The highest BCUT2D eigenvalue weighted by molar-refractivity contribution is 7.79. The summed E-state index contributed by atoms with van der Waals surface area (Å²) in [5.74, 6) is -0.718. The monoisotopic (exact) mass is 247 g/mol. The van der Waals surface area contributed by atoms with Crippen molar-refractivity contribution < 1.29 is 23.0 Å². The number of hydrogen-bond donors (Lipinski definition) is 0. The van der Waals surface area contributed by atoms with E-state index in [-0.39, 0.29) is 23.9 Å². The van der Waals surface area contributed by atoms with Crippen LogP contribution in [0.1, 0.15) is 17.3 Å². The average Bonchev–Trinajstić information content (AvgIpc) is 2.62. The fourth-order valence-corrected chi connectivity index (χ4v) is 1.70. The molecule has 0 amide bonds. The van der Waals surface area contributed by atoms with Crippen LogP contribution in [0.2, 0.25) is 0 Å². The van der Waals surface area contributed by atoms with Crippen molar-refractivity contribution in [2.45, 2.75) is 18.7 Å². The zero-order chi connectivity index (χ0) is 12.1. The summed E-state index contributed by atoms with van der Waals surface area (Å²) in [6, 6.07) is 0. The predicted octanol–water partition coefficient (Wildman–Crippen LogP) is -0.0983. The molecule has 8 heteroatoms. The minimum absolute atomic E-state index is 0.0529. The number of hydrogen-bond acceptors (Lipinski definition) is 6. The molecule has 1 atom stereocenters. The zero-order valence-corrected chi connectivity index (χ0v) is 9.65. The van der Waals surface area contributed by atoms with Crippen LogP contribution in [-0.4, -0.2) is 38.2 Å². The van der Waals surface area contributed by atoms with E-state index in [9.17, 15) is 13.6 Å². The van der Waals surface area contributed by atoms with E-state index >= 15 is 0 Å². The maximum Gasteiger partial charge on any atom is 0.342 e. The van der Waals surface area contributed by atoms with E-state index in [1.165, 1.54) is 7.11 Å². The molecule has 7 nitrogen and oxygen atoms in total. The molecule has 0 N–H and O–H groups in total. The summed E-state index contributed by atoms with van der Waals surface area (Å²) in [7, 11) is 1.39. The Hall–Kier alpha value is -1.25. The first-order valence-electron chi connectivity index (χ1n) is 4.43. The Morgan fingerprint density at radius 3 is 2.88 bits per heavy atom. The first kappa shape index (κ1) is 12.8. The maximum absolute atomic E-state index is 11.4. The number of methoxy groups -OCH3 is 1. The Bertz CT molecular complexity index is 403. The normalized spacial score (nSPS) is 12.4. The third kappa shape index (κ3) is 2.65. The quantitative estimate of drug-likeness (QED) is 0.533. The van der Waals surface area contributed by atoms with Crippen molar-refractivity contribution in [1.82, 2.24) is 9.78 Å². The maximum atomic E-state index is 11.4. The molecule has 0 radical (unpaired) electrons. The van der Waals surface area contributed by atoms with Gasteiger partial charge in [-0.2, -0.15) is 5.10 Å². The molecule has 0 fully saturated rings. The molecule has 0 saturated carbocycles. The van der Waals surface area contributed by atoms with E-state index < -0.39 is 17.0 Å². The second kappa shape index (κ2) is 5.73. The lowest BCUT2D eigenvalue weighted by atomic mass is 10.4. The summed E-state index contributed by atoms with van der Waals surface area (Å²) in [4.78, 5) is 11.4. The van der Waals surface area contributed by atoms with Gasteiger partial charge in [-0.1, -0.05) is 0 Å². The van der Waals surface area contributed by atoms with E-state index in [0.29, 0.717) is 0 Å². The lowest BCUT2D eigenvalue weighted by Gasteiger charge is -2.10. The van der Waals surface area contributed by atoms with Crippen molar-refractivity contribution in [2.75, 3.05) is 13.7 Å². The number of esters is 1. The Morgan fingerprint density at radius 1 is 1.69 bits per heavy atom. The number of carbonyl (C=O) groups is 1.